The van der Waals surface area contributed by atoms with Gasteiger partial charge < -0.3 is 49.4 Å². The summed E-state index contributed by atoms with van der Waals surface area (Å²) in [6.45, 7) is 19.8. The first-order valence-electron chi connectivity index (χ1n) is 48.0. The summed E-state index contributed by atoms with van der Waals surface area (Å²) in [6, 6.07) is -0.928. The third-order valence-electron chi connectivity index (χ3n) is 19.8. The molecule has 646 valence electrons. The lowest BCUT2D eigenvalue weighted by molar-refractivity contribution is -0.151. The van der Waals surface area contributed by atoms with Gasteiger partial charge >= 0.3 is 18.0 Å². The van der Waals surface area contributed by atoms with Crippen molar-refractivity contribution in [3.63, 3.8) is 0 Å². The van der Waals surface area contributed by atoms with Crippen molar-refractivity contribution < 1.29 is 46.5 Å². The summed E-state index contributed by atoms with van der Waals surface area (Å²) in [5, 5.41) is 5.92. The van der Waals surface area contributed by atoms with E-state index in [1.54, 1.807) is 6.08 Å². The first-order valence-corrected chi connectivity index (χ1v) is 50.6. The van der Waals surface area contributed by atoms with Crippen LogP contribution in [0, 0.1) is 0 Å². The van der Waals surface area contributed by atoms with Crippen molar-refractivity contribution in [2.24, 2.45) is 16.5 Å². The number of nitrogens with zero attached hydrogens (tertiary/aromatic N) is 1. The normalized spacial score (nSPS) is 13.2. The van der Waals surface area contributed by atoms with Gasteiger partial charge in [-0.05, 0) is 67.0 Å². The molecule has 0 bridgehead atoms. The summed E-state index contributed by atoms with van der Waals surface area (Å²) in [6.07, 6.45) is 78.9. The minimum absolute atomic E-state index is 0.0771. The quantitative estimate of drug-likeness (QED) is 0.00849. The molecule has 6 atom stereocenters. The highest BCUT2D eigenvalue weighted by molar-refractivity contribution is 8.53. The molecule has 21 heteroatoms. The number of hydrogen-bond acceptors (Lipinski definition) is 15. The number of esters is 2. The molecule has 0 spiro atoms. The summed E-state index contributed by atoms with van der Waals surface area (Å²) in [5.74, 6) is -0.180. The number of isocyanates is 1. The third-order valence-corrected chi connectivity index (χ3v) is 21.6. The fourth-order valence-electron chi connectivity index (χ4n) is 12.9. The van der Waals surface area contributed by atoms with E-state index in [4.69, 9.17) is 44.0 Å². The summed E-state index contributed by atoms with van der Waals surface area (Å²) >= 11 is 1.93. The number of carbonyl (C=O) groups excluding carboxylic acids is 4. The molecule has 0 aromatic heterocycles. The molecule has 0 aromatic carbocycles. The summed E-state index contributed by atoms with van der Waals surface area (Å²) in [7, 11) is -0.623. The van der Waals surface area contributed by atoms with Crippen LogP contribution in [-0.2, 0) is 41.7 Å². The van der Waals surface area contributed by atoms with E-state index in [9.17, 15) is 19.2 Å². The maximum atomic E-state index is 12.7. The standard InChI is InChI=1S/C38H77BN2O5PS.C25H52BNO4PS.C13H25NO.C12H27N/c1-4-7-10-13-15-17-19-21-24-27-31-40-38(43)41-35(34-45-48-47-39)33-44-32-30-36(28-25-22-12-9-6-3)46-37(42)29-26-23-20-18-16-14-11-8-5-2;1-3-5-7-9-10-11-12-14-16-18-25(28)31-24(17-15-13-8-6-4-2)19-20-29-21-23(27)22-30-33-32-26;1-2-3-4-5-6-7-8-9-10-11-12-14-13-15;1-2-3-4-5-6-7-8-9-10-11-12-13/h35-36,39,47H,4-34H2,1-3H3,(H2,40,41,43);23-24,26,32H,3-22,27H2,1-2H3;2-12H2,1H3;2-13H2,1H3/t35-,36-,47?;23-,24-,32?;;/m11../s1/i39T,47D;26T,32D;;. The van der Waals surface area contributed by atoms with E-state index in [0.717, 1.165) is 122 Å². The molecule has 2 radical (unpaired) electrons. The molecule has 0 rings (SSSR count). The Morgan fingerprint density at radius 3 is 1.08 bits per heavy atom. The van der Waals surface area contributed by atoms with E-state index in [-0.39, 0.29) is 56.0 Å². The van der Waals surface area contributed by atoms with Crippen LogP contribution in [0.4, 0.5) is 4.79 Å². The Morgan fingerprint density at radius 2 is 0.734 bits per heavy atom. The van der Waals surface area contributed by atoms with Gasteiger partial charge in [0.15, 0.2) is 0 Å². The van der Waals surface area contributed by atoms with Gasteiger partial charge in [-0.1, -0.05) is 391 Å². The molecule has 2 amide bonds. The fourth-order valence-corrected chi connectivity index (χ4v) is 14.2. The molecule has 0 aliphatic heterocycles. The van der Waals surface area contributed by atoms with Gasteiger partial charge in [-0.3, -0.25) is 9.59 Å². The second-order valence-electron chi connectivity index (χ2n) is 30.6. The van der Waals surface area contributed by atoms with E-state index < -0.39 is 21.3 Å². The van der Waals surface area contributed by atoms with Crippen LogP contribution in [0.3, 0.4) is 0 Å². The summed E-state index contributed by atoms with van der Waals surface area (Å²) in [4.78, 5) is 51.1. The molecular formula is C88H181B2N5O10P2S2. The van der Waals surface area contributed by atoms with E-state index in [1.165, 1.54) is 308 Å². The number of urea groups is 1. The zero-order valence-electron chi connectivity index (χ0n) is 76.5. The van der Waals surface area contributed by atoms with E-state index in [1.807, 2.05) is 0 Å². The molecule has 109 heavy (non-hydrogen) atoms. The average Bonchev–Trinajstić information content (AvgIpc) is 0.958. The SMILES string of the molecule is CCCCCCCCCCCCN.CCCCCCCCCCCCN=C=O.[2H]P([B][3H])SOC[C@@H](COCC[C@@H](CCCCCCC)OC(=O)CCCCCCCCCCC)NC(=O)NCCCCCCCCCCCC.[2H]P([B][3H])SOC[C@H](N)COCC[C@@H](CCCCCCC)OC(=O)CCCCCCCCCCC. The lowest BCUT2D eigenvalue weighted by Crippen LogP contribution is -2.46. The number of ether oxygens (including phenoxy) is 4. The monoisotopic (exact) mass is 1620 g/mol. The zero-order chi connectivity index (χ0) is 83.7. The molecule has 0 saturated heterocycles. The first-order chi connectivity index (χ1) is 55.3. The van der Waals surface area contributed by atoms with Crippen LogP contribution >= 0.6 is 38.5 Å². The summed E-state index contributed by atoms with van der Waals surface area (Å²) in [5.41, 5.74) is 11.4. The summed E-state index contributed by atoms with van der Waals surface area (Å²) < 4.78 is 63.8. The number of unbranched alkanes of at least 4 members (excludes halogenated alkanes) is 51. The fraction of sp³-hybridized carbons (Fsp3) is 0.955. The highest BCUT2D eigenvalue weighted by Gasteiger charge is 2.19. The molecule has 2 unspecified atom stereocenters. The van der Waals surface area contributed by atoms with Crippen molar-refractivity contribution in [1.82, 2.24) is 10.6 Å². The third kappa shape index (κ3) is 105. The van der Waals surface area contributed by atoms with Crippen molar-refractivity contribution in [3.05, 3.63) is 0 Å². The highest BCUT2D eigenvalue weighted by atomic mass is 32.7. The van der Waals surface area contributed by atoms with Crippen LogP contribution < -0.4 is 22.1 Å². The number of nitrogens with two attached hydrogens (primary N) is 2. The predicted octanol–water partition coefficient (Wildman–Crippen LogP) is 26.3. The van der Waals surface area contributed by atoms with Crippen LogP contribution in [0.25, 0.3) is 0 Å². The van der Waals surface area contributed by atoms with Crippen LogP contribution in [0.1, 0.15) is 459 Å². The number of carbonyl (C=O) groups is 3. The maximum Gasteiger partial charge on any atom is 0.315 e. The largest absolute Gasteiger partial charge is 0.462 e. The molecular weight excluding hydrogens is 1430 g/mol. The Morgan fingerprint density at radius 1 is 0.422 bits per heavy atom. The van der Waals surface area contributed by atoms with Crippen molar-refractivity contribution in [2.45, 2.75) is 484 Å². The van der Waals surface area contributed by atoms with Gasteiger partial charge in [-0.25, -0.2) is 14.6 Å². The number of nitrogens with one attached hydrogen (secondary N) is 2. The smallest absolute Gasteiger partial charge is 0.315 e. The topological polar surface area (TPSA) is 212 Å². The molecule has 0 fully saturated rings. The van der Waals surface area contributed by atoms with Gasteiger partial charge in [-0.2, -0.15) is 0 Å². The van der Waals surface area contributed by atoms with Gasteiger partial charge in [0.2, 0.25) is 6.08 Å². The molecule has 0 aromatic rings. The molecule has 0 heterocycles. The van der Waals surface area contributed by atoms with Crippen molar-refractivity contribution in [2.75, 3.05) is 59.3 Å². The molecule has 0 aliphatic carbocycles. The van der Waals surface area contributed by atoms with Crippen LogP contribution in [-0.4, -0.2) is 128 Å². The van der Waals surface area contributed by atoms with Crippen LogP contribution in [0.5, 0.6) is 0 Å². The Hall–Kier alpha value is -0.960. The van der Waals surface area contributed by atoms with E-state index >= 15 is 0 Å². The minimum Gasteiger partial charge on any atom is -0.462 e. The predicted molar refractivity (Wildman–Crippen MR) is 485 cm³/mol. The second kappa shape index (κ2) is 105. The Labute approximate surface area is 695 Å². The first kappa shape index (κ1) is 106. The molecule has 0 aliphatic rings. The van der Waals surface area contributed by atoms with Crippen LogP contribution in [0.2, 0.25) is 0 Å². The average molecular weight is 1620 g/mol. The minimum atomic E-state index is -1.44. The maximum absolute atomic E-state index is 12.7. The van der Waals surface area contributed by atoms with E-state index in [0.29, 0.717) is 58.6 Å². The molecule has 0 saturated carbocycles. The molecule has 6 N–H and O–H groups in total. The number of amides is 2. The van der Waals surface area contributed by atoms with Gasteiger partial charge in [0.1, 0.15) is 27.3 Å². The zero-order valence-corrected chi connectivity index (χ0v) is 75.9. The Bertz CT molecular complexity index is 1920. The van der Waals surface area contributed by atoms with E-state index in [2.05, 4.69) is 64.1 Å². The van der Waals surface area contributed by atoms with Gasteiger partial charge in [0, 0.05) is 55.6 Å². The highest BCUT2D eigenvalue weighted by Crippen LogP contribution is 2.26. The Balaban J connectivity index is -0.000000805. The number of rotatable bonds is 87. The van der Waals surface area contributed by atoms with Gasteiger partial charge in [0.05, 0.1) is 60.8 Å². The van der Waals surface area contributed by atoms with Crippen molar-refractivity contribution >= 4 is 77.6 Å². The van der Waals surface area contributed by atoms with Crippen molar-refractivity contribution in [3.8, 4) is 0 Å². The van der Waals surface area contributed by atoms with Gasteiger partial charge in [0.25, 0.3) is 0 Å². The lowest BCUT2D eigenvalue weighted by atomic mass is 10.1. The molecule has 15 nitrogen and oxygen atoms in total. The van der Waals surface area contributed by atoms with Gasteiger partial charge in [-0.15, -0.1) is 0 Å². The van der Waals surface area contributed by atoms with Crippen molar-refractivity contribution in [1.29, 1.82) is 5.23 Å². The number of aliphatic imine (C=N–C) groups is 1. The lowest BCUT2D eigenvalue weighted by Gasteiger charge is -2.21. The Kier molecular flexibility index (Phi) is 102. The second-order valence-corrected chi connectivity index (χ2v) is 34.0. The number of hydrogen-bond donors (Lipinski definition) is 4. The van der Waals surface area contributed by atoms with Crippen LogP contribution in [0.15, 0.2) is 4.99 Å².